The predicted octanol–water partition coefficient (Wildman–Crippen LogP) is 2.36. The van der Waals surface area contributed by atoms with E-state index in [1.807, 2.05) is 26.2 Å². The number of carbonyl (C=O) groups is 1. The van der Waals surface area contributed by atoms with E-state index in [0.717, 1.165) is 22.6 Å². The van der Waals surface area contributed by atoms with E-state index in [0.29, 0.717) is 18.0 Å². The highest BCUT2D eigenvalue weighted by Gasteiger charge is 2.10. The molecule has 18 heavy (non-hydrogen) atoms. The first-order chi connectivity index (χ1) is 8.56. The van der Waals surface area contributed by atoms with Crippen LogP contribution in [0.3, 0.4) is 0 Å². The molecular formula is C12H16N4OS. The van der Waals surface area contributed by atoms with Gasteiger partial charge in [0.15, 0.2) is 5.13 Å². The quantitative estimate of drug-likeness (QED) is 0.890. The summed E-state index contributed by atoms with van der Waals surface area (Å²) in [5, 5.41) is 12.4. The smallest absolute Gasteiger partial charge is 0.226 e. The average Bonchev–Trinajstić information content (AvgIpc) is 2.84. The second-order valence-corrected chi connectivity index (χ2v) is 5.11. The van der Waals surface area contributed by atoms with Gasteiger partial charge in [-0.05, 0) is 32.8 Å². The third-order valence-corrected chi connectivity index (χ3v) is 3.62. The normalized spacial score (nSPS) is 10.6. The molecule has 2 heterocycles. The zero-order valence-electron chi connectivity index (χ0n) is 10.7. The number of aromatic nitrogens is 3. The number of hydrogen-bond donors (Lipinski definition) is 2. The molecule has 2 N–H and O–H groups in total. The minimum absolute atomic E-state index is 0.00986. The fourth-order valence-corrected chi connectivity index (χ4v) is 2.48. The molecule has 0 aliphatic rings. The molecule has 0 aromatic carbocycles. The van der Waals surface area contributed by atoms with Gasteiger partial charge in [0, 0.05) is 17.5 Å². The van der Waals surface area contributed by atoms with E-state index >= 15 is 0 Å². The molecule has 0 atom stereocenters. The minimum Gasteiger partial charge on any atom is -0.302 e. The van der Waals surface area contributed by atoms with Gasteiger partial charge in [0.1, 0.15) is 0 Å². The van der Waals surface area contributed by atoms with Crippen LogP contribution in [-0.2, 0) is 11.2 Å². The summed E-state index contributed by atoms with van der Waals surface area (Å²) in [5.74, 6) is -0.00986. The fraction of sp³-hybridized carbons (Fsp3) is 0.417. The molecule has 2 aromatic heterocycles. The Morgan fingerprint density at radius 3 is 2.78 bits per heavy atom. The summed E-state index contributed by atoms with van der Waals surface area (Å²) < 4.78 is 0. The van der Waals surface area contributed by atoms with Crippen LogP contribution in [0.5, 0.6) is 0 Å². The van der Waals surface area contributed by atoms with E-state index in [1.54, 1.807) is 0 Å². The van der Waals surface area contributed by atoms with Gasteiger partial charge in [0.05, 0.1) is 11.4 Å². The second kappa shape index (κ2) is 5.30. The fourth-order valence-electron chi connectivity index (χ4n) is 1.77. The van der Waals surface area contributed by atoms with Gasteiger partial charge in [-0.3, -0.25) is 9.89 Å². The van der Waals surface area contributed by atoms with Crippen LogP contribution in [0.15, 0.2) is 5.38 Å². The Hall–Kier alpha value is -1.69. The van der Waals surface area contributed by atoms with E-state index in [-0.39, 0.29) is 5.91 Å². The van der Waals surface area contributed by atoms with Gasteiger partial charge in [-0.15, -0.1) is 11.3 Å². The van der Waals surface area contributed by atoms with E-state index in [1.165, 1.54) is 11.3 Å². The molecule has 5 nitrogen and oxygen atoms in total. The molecular weight excluding hydrogens is 248 g/mol. The lowest BCUT2D eigenvalue weighted by Gasteiger charge is -2.02. The molecule has 2 rings (SSSR count). The molecule has 0 saturated carbocycles. The molecule has 0 radical (unpaired) electrons. The van der Waals surface area contributed by atoms with E-state index in [4.69, 9.17) is 0 Å². The zero-order chi connectivity index (χ0) is 13.1. The van der Waals surface area contributed by atoms with Crippen LogP contribution >= 0.6 is 11.3 Å². The summed E-state index contributed by atoms with van der Waals surface area (Å²) in [6.45, 7) is 5.82. The van der Waals surface area contributed by atoms with Crippen LogP contribution in [0.4, 0.5) is 5.13 Å². The highest BCUT2D eigenvalue weighted by atomic mass is 32.1. The van der Waals surface area contributed by atoms with Crippen molar-refractivity contribution in [3.63, 3.8) is 0 Å². The van der Waals surface area contributed by atoms with Crippen molar-refractivity contribution in [2.45, 2.75) is 33.6 Å². The third-order valence-electron chi connectivity index (χ3n) is 2.75. The summed E-state index contributed by atoms with van der Waals surface area (Å²) in [6, 6.07) is 0. The van der Waals surface area contributed by atoms with Gasteiger partial charge < -0.3 is 5.32 Å². The Balaban J connectivity index is 1.89. The molecule has 6 heteroatoms. The second-order valence-electron chi connectivity index (χ2n) is 4.25. The van der Waals surface area contributed by atoms with Crippen LogP contribution in [0.25, 0.3) is 0 Å². The molecule has 2 aromatic rings. The molecule has 0 unspecified atom stereocenters. The van der Waals surface area contributed by atoms with Crippen molar-refractivity contribution < 1.29 is 4.79 Å². The van der Waals surface area contributed by atoms with Crippen molar-refractivity contribution >= 4 is 22.4 Å². The first kappa shape index (κ1) is 12.8. The number of thiazole rings is 1. The number of aryl methyl sites for hydroxylation is 3. The van der Waals surface area contributed by atoms with Crippen molar-refractivity contribution in [1.82, 2.24) is 15.2 Å². The van der Waals surface area contributed by atoms with Gasteiger partial charge in [0.2, 0.25) is 5.91 Å². The maximum absolute atomic E-state index is 11.8. The van der Waals surface area contributed by atoms with Crippen LogP contribution in [0.2, 0.25) is 0 Å². The molecule has 1 amide bonds. The highest BCUT2D eigenvalue weighted by molar-refractivity contribution is 7.13. The molecule has 0 aliphatic carbocycles. The molecule has 0 saturated heterocycles. The average molecular weight is 264 g/mol. The number of H-pyrrole nitrogens is 1. The number of carbonyl (C=O) groups excluding carboxylic acids is 1. The molecule has 0 bridgehead atoms. The number of hydrogen-bond acceptors (Lipinski definition) is 4. The Labute approximate surface area is 110 Å². The van der Waals surface area contributed by atoms with Gasteiger partial charge in [-0.1, -0.05) is 0 Å². The van der Waals surface area contributed by atoms with Gasteiger partial charge in [-0.25, -0.2) is 4.98 Å². The van der Waals surface area contributed by atoms with Gasteiger partial charge in [0.25, 0.3) is 0 Å². The Morgan fingerprint density at radius 1 is 1.44 bits per heavy atom. The Morgan fingerprint density at radius 2 is 2.22 bits per heavy atom. The maximum Gasteiger partial charge on any atom is 0.226 e. The number of nitrogens with one attached hydrogen (secondary N) is 2. The molecule has 0 spiro atoms. The number of anilines is 1. The van der Waals surface area contributed by atoms with Crippen molar-refractivity contribution in [3.05, 3.63) is 28.0 Å². The zero-order valence-corrected chi connectivity index (χ0v) is 11.5. The summed E-state index contributed by atoms with van der Waals surface area (Å²) in [4.78, 5) is 16.0. The Bertz CT molecular complexity index is 539. The van der Waals surface area contributed by atoms with Crippen LogP contribution in [0.1, 0.15) is 29.1 Å². The number of rotatable bonds is 4. The van der Waals surface area contributed by atoms with Crippen molar-refractivity contribution in [2.75, 3.05) is 5.32 Å². The maximum atomic E-state index is 11.8. The van der Waals surface area contributed by atoms with E-state index < -0.39 is 0 Å². The molecule has 96 valence electrons. The third kappa shape index (κ3) is 2.95. The summed E-state index contributed by atoms with van der Waals surface area (Å²) in [5.41, 5.74) is 4.05. The molecule has 0 aliphatic heterocycles. The van der Waals surface area contributed by atoms with Crippen LogP contribution < -0.4 is 5.32 Å². The topological polar surface area (TPSA) is 70.7 Å². The lowest BCUT2D eigenvalue weighted by molar-refractivity contribution is -0.116. The lowest BCUT2D eigenvalue weighted by atomic mass is 10.1. The van der Waals surface area contributed by atoms with E-state index in [9.17, 15) is 4.79 Å². The molecule has 0 fully saturated rings. The first-order valence-corrected chi connectivity index (χ1v) is 6.66. The lowest BCUT2D eigenvalue weighted by Crippen LogP contribution is -2.12. The van der Waals surface area contributed by atoms with Gasteiger partial charge >= 0.3 is 0 Å². The SMILES string of the molecule is Cc1csc(NC(=O)CCc2c(C)n[nH]c2C)n1. The Kier molecular flexibility index (Phi) is 3.76. The van der Waals surface area contributed by atoms with Crippen molar-refractivity contribution in [2.24, 2.45) is 0 Å². The monoisotopic (exact) mass is 264 g/mol. The number of nitrogens with zero attached hydrogens (tertiary/aromatic N) is 2. The summed E-state index contributed by atoms with van der Waals surface area (Å²) in [6.07, 6.45) is 1.14. The largest absolute Gasteiger partial charge is 0.302 e. The summed E-state index contributed by atoms with van der Waals surface area (Å²) in [7, 11) is 0. The first-order valence-electron chi connectivity index (χ1n) is 5.78. The minimum atomic E-state index is -0.00986. The van der Waals surface area contributed by atoms with Crippen molar-refractivity contribution in [1.29, 1.82) is 0 Å². The van der Waals surface area contributed by atoms with Crippen LogP contribution in [0, 0.1) is 20.8 Å². The van der Waals surface area contributed by atoms with Gasteiger partial charge in [-0.2, -0.15) is 5.10 Å². The van der Waals surface area contributed by atoms with E-state index in [2.05, 4.69) is 20.5 Å². The number of amides is 1. The van der Waals surface area contributed by atoms with Crippen molar-refractivity contribution in [3.8, 4) is 0 Å². The summed E-state index contributed by atoms with van der Waals surface area (Å²) >= 11 is 1.45. The standard InChI is InChI=1S/C12H16N4OS/c1-7-6-18-12(13-7)14-11(17)5-4-10-8(2)15-16-9(10)3/h6H,4-5H2,1-3H3,(H,15,16)(H,13,14,17). The highest BCUT2D eigenvalue weighted by Crippen LogP contribution is 2.16. The van der Waals surface area contributed by atoms with Crippen LogP contribution in [-0.4, -0.2) is 21.1 Å². The predicted molar refractivity (Wildman–Crippen MR) is 71.9 cm³/mol. The number of aromatic amines is 1.